The van der Waals surface area contributed by atoms with Crippen LogP contribution >= 0.6 is 0 Å². The molecule has 1 aromatic carbocycles. The van der Waals surface area contributed by atoms with E-state index >= 15 is 0 Å². The molecular weight excluding hydrogens is 269 g/mol. The first-order valence-corrected chi connectivity index (χ1v) is 5.30. The van der Waals surface area contributed by atoms with E-state index in [1.807, 2.05) is 36.4 Å². The predicted octanol–water partition coefficient (Wildman–Crippen LogP) is 4.36. The van der Waals surface area contributed by atoms with Gasteiger partial charge in [0, 0.05) is 19.5 Å². The van der Waals surface area contributed by atoms with Crippen molar-refractivity contribution < 1.29 is 19.5 Å². The van der Waals surface area contributed by atoms with E-state index in [1.54, 1.807) is 0 Å². The summed E-state index contributed by atoms with van der Waals surface area (Å²) in [5, 5.41) is 0. The van der Waals surface area contributed by atoms with E-state index in [0.29, 0.717) is 0 Å². The molecule has 0 spiro atoms. The molecule has 0 saturated heterocycles. The van der Waals surface area contributed by atoms with Crippen molar-refractivity contribution >= 4 is 0 Å². The Morgan fingerprint density at radius 3 is 0.800 bits per heavy atom. The summed E-state index contributed by atoms with van der Waals surface area (Å²) >= 11 is 0. The van der Waals surface area contributed by atoms with Crippen LogP contribution in [0.4, 0.5) is 0 Å². The minimum absolute atomic E-state index is 0. The smallest absolute Gasteiger partial charge is 0 e. The zero-order chi connectivity index (χ0) is 9.90. The Bertz CT molecular complexity index is 209. The maximum absolute atomic E-state index is 2.27. The maximum Gasteiger partial charge on any atom is 0 e. The molecule has 1 aliphatic rings. The quantitative estimate of drug-likeness (QED) is 0.491. The number of allylic oxidation sites excluding steroid dienone is 4. The number of rotatable bonds is 0. The van der Waals surface area contributed by atoms with Gasteiger partial charge in [-0.1, -0.05) is 60.7 Å². The van der Waals surface area contributed by atoms with Crippen molar-refractivity contribution in [1.29, 1.82) is 0 Å². The molecule has 0 atom stereocenters. The average Bonchev–Trinajstić information content (AvgIpc) is 2.20. The Morgan fingerprint density at radius 1 is 0.400 bits per heavy atom. The van der Waals surface area contributed by atoms with Gasteiger partial charge >= 0.3 is 0 Å². The average molecular weight is 287 g/mol. The second-order valence-electron chi connectivity index (χ2n) is 3.25. The van der Waals surface area contributed by atoms with Gasteiger partial charge < -0.3 is 0 Å². The molecule has 0 amide bonds. The van der Waals surface area contributed by atoms with Crippen molar-refractivity contribution in [1.82, 2.24) is 0 Å². The van der Waals surface area contributed by atoms with Crippen molar-refractivity contribution in [2.24, 2.45) is 0 Å². The first kappa shape index (κ1) is 14.3. The van der Waals surface area contributed by atoms with Crippen LogP contribution in [0.5, 0.6) is 0 Å². The Balaban J connectivity index is 0.000000253. The van der Waals surface area contributed by atoms with Crippen LogP contribution < -0.4 is 0 Å². The van der Waals surface area contributed by atoms with Crippen molar-refractivity contribution in [2.45, 2.75) is 25.7 Å². The molecule has 0 aliphatic heterocycles. The van der Waals surface area contributed by atoms with Gasteiger partial charge in [-0.05, 0) is 25.7 Å². The number of benzene rings is 1. The Hall–Kier alpha value is -0.677. The summed E-state index contributed by atoms with van der Waals surface area (Å²) in [6.07, 6.45) is 14.0. The largest absolute Gasteiger partial charge is 0.0882 e. The van der Waals surface area contributed by atoms with E-state index in [9.17, 15) is 0 Å². The van der Waals surface area contributed by atoms with Crippen LogP contribution in [0.1, 0.15) is 25.7 Å². The molecule has 82 valence electrons. The zero-order valence-corrected chi connectivity index (χ0v) is 10.7. The van der Waals surface area contributed by atoms with Crippen LogP contribution in [-0.4, -0.2) is 0 Å². The van der Waals surface area contributed by atoms with Crippen LogP contribution in [0.25, 0.3) is 0 Å². The molecule has 0 nitrogen and oxygen atoms in total. The Morgan fingerprint density at radius 2 is 0.600 bits per heavy atom. The van der Waals surface area contributed by atoms with Crippen LogP contribution in [-0.2, 0) is 19.5 Å². The molecule has 15 heavy (non-hydrogen) atoms. The summed E-state index contributed by atoms with van der Waals surface area (Å²) in [5.41, 5.74) is 0. The second kappa shape index (κ2) is 11.4. The molecule has 1 heteroatoms. The first-order chi connectivity index (χ1) is 7.00. The maximum atomic E-state index is 2.27. The SMILES string of the molecule is C1=C\CC/C=C\CC/1.[Ru].c1ccccc1. The third-order valence-electron chi connectivity index (χ3n) is 2.00. The van der Waals surface area contributed by atoms with Crippen LogP contribution in [0.15, 0.2) is 60.7 Å². The van der Waals surface area contributed by atoms with E-state index < -0.39 is 0 Å². The molecule has 1 aliphatic carbocycles. The van der Waals surface area contributed by atoms with E-state index in [0.717, 1.165) is 0 Å². The molecule has 0 fully saturated rings. The summed E-state index contributed by atoms with van der Waals surface area (Å²) in [7, 11) is 0. The van der Waals surface area contributed by atoms with Gasteiger partial charge in [-0.15, -0.1) is 0 Å². The van der Waals surface area contributed by atoms with E-state index in [1.165, 1.54) is 25.7 Å². The standard InChI is InChI=1S/C8H12.C6H6.Ru/c1-2-4-6-8-7-5-3-1;1-2-4-6-5-3-1;/h1-2,7-8H,3-6H2;1-6H;/b2-1-,8-7-;;. The van der Waals surface area contributed by atoms with Crippen LogP contribution in [0, 0.1) is 0 Å². The Labute approximate surface area is 106 Å². The fourth-order valence-electron chi connectivity index (χ4n) is 1.24. The Kier molecular flexibility index (Phi) is 10.9. The predicted molar refractivity (Wildman–Crippen MR) is 63.2 cm³/mol. The third-order valence-corrected chi connectivity index (χ3v) is 2.00. The van der Waals surface area contributed by atoms with Crippen molar-refractivity contribution in [3.8, 4) is 0 Å². The van der Waals surface area contributed by atoms with Crippen LogP contribution in [0.2, 0.25) is 0 Å². The van der Waals surface area contributed by atoms with E-state index in [-0.39, 0.29) is 19.5 Å². The molecule has 0 aromatic heterocycles. The van der Waals surface area contributed by atoms with Gasteiger partial charge in [0.2, 0.25) is 0 Å². The fraction of sp³-hybridized carbons (Fsp3) is 0.286. The first-order valence-electron chi connectivity index (χ1n) is 5.30. The molecule has 1 aromatic rings. The van der Waals surface area contributed by atoms with E-state index in [2.05, 4.69) is 24.3 Å². The number of hydrogen-bond donors (Lipinski definition) is 0. The second-order valence-corrected chi connectivity index (χ2v) is 3.25. The normalized spacial score (nSPS) is 18.1. The molecule has 0 heterocycles. The summed E-state index contributed by atoms with van der Waals surface area (Å²) in [4.78, 5) is 0. The van der Waals surface area contributed by atoms with Gasteiger partial charge in [0.1, 0.15) is 0 Å². The summed E-state index contributed by atoms with van der Waals surface area (Å²) in [5.74, 6) is 0. The molecule has 0 unspecified atom stereocenters. The van der Waals surface area contributed by atoms with E-state index in [4.69, 9.17) is 0 Å². The molecule has 0 saturated carbocycles. The van der Waals surface area contributed by atoms with Crippen LogP contribution in [0.3, 0.4) is 0 Å². The molecule has 0 bridgehead atoms. The topological polar surface area (TPSA) is 0 Å². The van der Waals surface area contributed by atoms with Gasteiger partial charge in [-0.25, -0.2) is 0 Å². The fourth-order valence-corrected chi connectivity index (χ4v) is 1.24. The summed E-state index contributed by atoms with van der Waals surface area (Å²) < 4.78 is 0. The van der Waals surface area contributed by atoms with Gasteiger partial charge in [0.15, 0.2) is 0 Å². The summed E-state index contributed by atoms with van der Waals surface area (Å²) in [6, 6.07) is 12.0. The molecular formula is C14H18Ru. The van der Waals surface area contributed by atoms with Gasteiger partial charge in [-0.2, -0.15) is 0 Å². The van der Waals surface area contributed by atoms with Gasteiger partial charge in [0.25, 0.3) is 0 Å². The van der Waals surface area contributed by atoms with Gasteiger partial charge in [-0.3, -0.25) is 0 Å². The van der Waals surface area contributed by atoms with Crippen molar-refractivity contribution in [3.05, 3.63) is 60.7 Å². The minimum Gasteiger partial charge on any atom is -0.0882 e. The third kappa shape index (κ3) is 9.62. The molecule has 0 N–H and O–H groups in total. The monoisotopic (exact) mass is 288 g/mol. The zero-order valence-electron chi connectivity index (χ0n) is 8.96. The molecule has 2 rings (SSSR count). The minimum atomic E-state index is 0. The van der Waals surface area contributed by atoms with Crippen molar-refractivity contribution in [2.75, 3.05) is 0 Å². The summed E-state index contributed by atoms with van der Waals surface area (Å²) in [6.45, 7) is 0. The van der Waals surface area contributed by atoms with Gasteiger partial charge in [0.05, 0.1) is 0 Å². The number of hydrogen-bond acceptors (Lipinski definition) is 0. The van der Waals surface area contributed by atoms with Crippen molar-refractivity contribution in [3.63, 3.8) is 0 Å². The molecule has 0 radical (unpaired) electrons.